The first kappa shape index (κ1) is 11.3. The molecule has 18 heavy (non-hydrogen) atoms. The Morgan fingerprint density at radius 2 is 2.11 bits per heavy atom. The van der Waals surface area contributed by atoms with E-state index in [9.17, 15) is 0 Å². The Morgan fingerprint density at radius 1 is 1.33 bits per heavy atom. The maximum atomic E-state index is 5.54. The molecule has 3 rings (SSSR count). The molecule has 0 N–H and O–H groups in total. The molecule has 3 nitrogen and oxygen atoms in total. The van der Waals surface area contributed by atoms with Crippen LogP contribution in [0.5, 0.6) is 5.75 Å². The number of methoxy groups -OCH3 is 1. The normalized spacial score (nSPS) is 16.6. The fourth-order valence-corrected chi connectivity index (χ4v) is 2.44. The lowest BCUT2D eigenvalue weighted by Crippen LogP contribution is -2.05. The van der Waals surface area contributed by atoms with E-state index in [0.29, 0.717) is 5.41 Å². The lowest BCUT2D eigenvalue weighted by atomic mass is 9.95. The second-order valence-electron chi connectivity index (χ2n) is 5.38. The maximum Gasteiger partial charge on any atom is 0.145 e. The Labute approximate surface area is 107 Å². The molecule has 1 aromatic carbocycles. The average molecular weight is 242 g/mol. The first-order valence-electron chi connectivity index (χ1n) is 6.31. The highest BCUT2D eigenvalue weighted by Gasteiger charge is 2.39. The van der Waals surface area contributed by atoms with Crippen LogP contribution in [0.2, 0.25) is 0 Å². The van der Waals surface area contributed by atoms with Crippen molar-refractivity contribution in [2.75, 3.05) is 7.11 Å². The molecule has 0 radical (unpaired) electrons. The predicted molar refractivity (Wildman–Crippen MR) is 71.4 cm³/mol. The molecule has 0 aliphatic heterocycles. The summed E-state index contributed by atoms with van der Waals surface area (Å²) in [5.74, 6) is 0.931. The molecule has 0 saturated heterocycles. The van der Waals surface area contributed by atoms with Crippen molar-refractivity contribution in [2.45, 2.75) is 32.1 Å². The Morgan fingerprint density at radius 3 is 2.67 bits per heavy atom. The molecule has 1 aromatic heterocycles. The zero-order chi connectivity index (χ0) is 12.8. The summed E-state index contributed by atoms with van der Waals surface area (Å²) < 4.78 is 7.55. The molecular formula is C15H18N2O. The summed E-state index contributed by atoms with van der Waals surface area (Å²) in [5.41, 5.74) is 4.04. The van der Waals surface area contributed by atoms with Crippen LogP contribution in [0.4, 0.5) is 0 Å². The summed E-state index contributed by atoms with van der Waals surface area (Å²) in [6.45, 7) is 4.43. The molecule has 3 heteroatoms. The van der Waals surface area contributed by atoms with Gasteiger partial charge >= 0.3 is 0 Å². The molecule has 0 spiro atoms. The van der Waals surface area contributed by atoms with Crippen LogP contribution in [0, 0.1) is 6.92 Å². The van der Waals surface area contributed by atoms with Crippen LogP contribution < -0.4 is 4.74 Å². The first-order valence-corrected chi connectivity index (χ1v) is 6.31. The number of imidazole rings is 1. The van der Waals surface area contributed by atoms with Gasteiger partial charge < -0.3 is 9.30 Å². The van der Waals surface area contributed by atoms with Crippen molar-refractivity contribution in [2.24, 2.45) is 0 Å². The van der Waals surface area contributed by atoms with Gasteiger partial charge in [0.15, 0.2) is 0 Å². The summed E-state index contributed by atoms with van der Waals surface area (Å²) in [6.07, 6.45) is 8.12. The Kier molecular flexibility index (Phi) is 2.44. The van der Waals surface area contributed by atoms with Gasteiger partial charge in [0, 0.05) is 12.4 Å². The van der Waals surface area contributed by atoms with Crippen LogP contribution in [-0.4, -0.2) is 16.7 Å². The molecule has 1 aliphatic rings. The molecular weight excluding hydrogens is 224 g/mol. The van der Waals surface area contributed by atoms with E-state index in [1.165, 1.54) is 24.0 Å². The Hall–Kier alpha value is -1.77. The number of hydrogen-bond donors (Lipinski definition) is 0. The van der Waals surface area contributed by atoms with Crippen molar-refractivity contribution in [3.05, 3.63) is 42.0 Å². The van der Waals surface area contributed by atoms with Gasteiger partial charge in [-0.15, -0.1) is 0 Å². The fraction of sp³-hybridized carbons (Fsp3) is 0.400. The predicted octanol–water partition coefficient (Wildman–Crippen LogP) is 3.24. The molecule has 94 valence electrons. The van der Waals surface area contributed by atoms with Crippen molar-refractivity contribution in [3.8, 4) is 11.4 Å². The molecule has 0 bridgehead atoms. The monoisotopic (exact) mass is 242 g/mol. The molecule has 1 aliphatic carbocycles. The molecule has 1 saturated carbocycles. The summed E-state index contributed by atoms with van der Waals surface area (Å²) >= 11 is 0. The van der Waals surface area contributed by atoms with E-state index in [1.54, 1.807) is 13.3 Å². The number of benzene rings is 1. The number of aryl methyl sites for hydroxylation is 1. The highest BCUT2D eigenvalue weighted by Crippen LogP contribution is 2.49. The van der Waals surface area contributed by atoms with Crippen LogP contribution in [0.15, 0.2) is 30.9 Å². The summed E-state index contributed by atoms with van der Waals surface area (Å²) in [6, 6.07) is 4.49. The lowest BCUT2D eigenvalue weighted by molar-refractivity contribution is 0.409. The fourth-order valence-electron chi connectivity index (χ4n) is 2.44. The van der Waals surface area contributed by atoms with Crippen LogP contribution in [0.25, 0.3) is 5.69 Å². The molecule has 1 fully saturated rings. The van der Waals surface area contributed by atoms with Crippen LogP contribution in [0.1, 0.15) is 30.9 Å². The van der Waals surface area contributed by atoms with Crippen molar-refractivity contribution in [1.82, 2.24) is 9.55 Å². The van der Waals surface area contributed by atoms with Gasteiger partial charge in [0.05, 0.1) is 19.1 Å². The zero-order valence-corrected chi connectivity index (χ0v) is 11.1. The van der Waals surface area contributed by atoms with Crippen molar-refractivity contribution < 1.29 is 4.74 Å². The number of hydrogen-bond acceptors (Lipinski definition) is 2. The number of aromatic nitrogens is 2. The van der Waals surface area contributed by atoms with E-state index < -0.39 is 0 Å². The third-order valence-corrected chi connectivity index (χ3v) is 3.94. The van der Waals surface area contributed by atoms with E-state index in [1.807, 2.05) is 17.1 Å². The second kappa shape index (κ2) is 3.87. The van der Waals surface area contributed by atoms with Crippen molar-refractivity contribution >= 4 is 0 Å². The van der Waals surface area contributed by atoms with Gasteiger partial charge in [-0.3, -0.25) is 0 Å². The molecule has 0 atom stereocenters. The minimum atomic E-state index is 0.367. The van der Waals surface area contributed by atoms with Gasteiger partial charge in [-0.1, -0.05) is 13.0 Å². The van der Waals surface area contributed by atoms with Crippen LogP contribution in [0.3, 0.4) is 0 Å². The van der Waals surface area contributed by atoms with Gasteiger partial charge in [-0.05, 0) is 42.4 Å². The van der Waals surface area contributed by atoms with Gasteiger partial charge in [-0.25, -0.2) is 4.98 Å². The summed E-state index contributed by atoms with van der Waals surface area (Å²) in [4.78, 5) is 4.12. The minimum Gasteiger partial charge on any atom is -0.494 e. The van der Waals surface area contributed by atoms with Crippen molar-refractivity contribution in [3.63, 3.8) is 0 Å². The number of nitrogens with zero attached hydrogens (tertiary/aromatic N) is 2. The average Bonchev–Trinajstić information content (AvgIpc) is 2.92. The SMILES string of the molecule is COc1c(C)cc(C2(C)CC2)cc1-n1ccnc1. The van der Waals surface area contributed by atoms with E-state index in [0.717, 1.165) is 11.4 Å². The van der Waals surface area contributed by atoms with Gasteiger partial charge in [0.2, 0.25) is 0 Å². The number of ether oxygens (including phenoxy) is 1. The standard InChI is InChI=1S/C15H18N2O/c1-11-8-12(15(2)4-5-15)9-13(14(11)18-3)17-7-6-16-10-17/h6-10H,4-5H2,1-3H3. The third-order valence-electron chi connectivity index (χ3n) is 3.94. The van der Waals surface area contributed by atoms with E-state index in [4.69, 9.17) is 4.74 Å². The van der Waals surface area contributed by atoms with Crippen LogP contribution >= 0.6 is 0 Å². The third kappa shape index (κ3) is 1.70. The Balaban J connectivity index is 2.18. The molecule has 1 heterocycles. The topological polar surface area (TPSA) is 27.1 Å². The smallest absolute Gasteiger partial charge is 0.145 e. The maximum absolute atomic E-state index is 5.54. The summed E-state index contributed by atoms with van der Waals surface area (Å²) in [7, 11) is 1.72. The van der Waals surface area contributed by atoms with E-state index in [-0.39, 0.29) is 0 Å². The highest BCUT2D eigenvalue weighted by molar-refractivity contribution is 5.56. The van der Waals surface area contributed by atoms with E-state index >= 15 is 0 Å². The second-order valence-corrected chi connectivity index (χ2v) is 5.38. The van der Waals surface area contributed by atoms with Gasteiger partial charge in [0.25, 0.3) is 0 Å². The van der Waals surface area contributed by atoms with E-state index in [2.05, 4.69) is 31.0 Å². The molecule has 0 unspecified atom stereocenters. The highest BCUT2D eigenvalue weighted by atomic mass is 16.5. The molecule has 0 amide bonds. The van der Waals surface area contributed by atoms with Crippen molar-refractivity contribution in [1.29, 1.82) is 0 Å². The van der Waals surface area contributed by atoms with Gasteiger partial charge in [-0.2, -0.15) is 0 Å². The van der Waals surface area contributed by atoms with Crippen LogP contribution in [-0.2, 0) is 5.41 Å². The summed E-state index contributed by atoms with van der Waals surface area (Å²) in [5, 5.41) is 0. The van der Waals surface area contributed by atoms with Gasteiger partial charge in [0.1, 0.15) is 5.75 Å². The largest absolute Gasteiger partial charge is 0.494 e. The lowest BCUT2D eigenvalue weighted by Gasteiger charge is -2.17. The zero-order valence-electron chi connectivity index (χ0n) is 11.1. The first-order chi connectivity index (χ1) is 8.64. The quantitative estimate of drug-likeness (QED) is 0.826. The number of rotatable bonds is 3. The minimum absolute atomic E-state index is 0.367. The Bertz CT molecular complexity index is 568. The molecule has 2 aromatic rings.